The Bertz CT molecular complexity index is 762. The molecule has 0 N–H and O–H groups in total. The molecule has 0 bridgehead atoms. The van der Waals surface area contributed by atoms with Crippen LogP contribution in [0.15, 0.2) is 30.5 Å². The Labute approximate surface area is 140 Å². The first-order valence-corrected chi connectivity index (χ1v) is 7.79. The second kappa shape index (κ2) is 6.71. The van der Waals surface area contributed by atoms with Crippen molar-refractivity contribution in [3.05, 3.63) is 41.8 Å². The topological polar surface area (TPSA) is 59.3 Å². The van der Waals surface area contributed by atoms with E-state index in [0.717, 1.165) is 5.82 Å². The van der Waals surface area contributed by atoms with E-state index in [1.54, 1.807) is 18.3 Å². The van der Waals surface area contributed by atoms with Gasteiger partial charge in [-0.2, -0.15) is 10.2 Å². The highest BCUT2D eigenvalue weighted by molar-refractivity contribution is 5.61. The van der Waals surface area contributed by atoms with Crippen LogP contribution >= 0.6 is 0 Å². The third-order valence-electron chi connectivity index (χ3n) is 4.07. The molecule has 1 aliphatic rings. The lowest BCUT2D eigenvalue weighted by atomic mass is 10.1. The fraction of sp³-hybridized carbons (Fsp3) is 0.353. The summed E-state index contributed by atoms with van der Waals surface area (Å²) in [4.78, 5) is 14.8. The summed E-state index contributed by atoms with van der Waals surface area (Å²) >= 11 is 0. The monoisotopic (exact) mass is 326 g/mol. The number of hydrogen-bond acceptors (Lipinski definition) is 6. The normalized spacial score (nSPS) is 14.4. The Morgan fingerprint density at radius 1 is 1.12 bits per heavy atom. The van der Waals surface area contributed by atoms with E-state index in [1.165, 1.54) is 6.07 Å². The maximum atomic E-state index is 14.1. The van der Waals surface area contributed by atoms with E-state index in [1.807, 2.05) is 30.0 Å². The highest BCUT2D eigenvalue weighted by Crippen LogP contribution is 2.26. The van der Waals surface area contributed by atoms with Crippen LogP contribution in [0, 0.1) is 17.1 Å². The van der Waals surface area contributed by atoms with Gasteiger partial charge in [0.15, 0.2) is 0 Å². The average Bonchev–Trinajstić information content (AvgIpc) is 2.61. The molecule has 6 nitrogen and oxygen atoms in total. The maximum absolute atomic E-state index is 14.1. The number of para-hydroxylation sites is 1. The summed E-state index contributed by atoms with van der Waals surface area (Å²) < 4.78 is 14.1. The summed E-state index contributed by atoms with van der Waals surface area (Å²) in [5, 5.41) is 9.21. The molecule has 7 heteroatoms. The van der Waals surface area contributed by atoms with Crippen LogP contribution in [0.4, 0.5) is 21.8 Å². The lowest BCUT2D eigenvalue weighted by Gasteiger charge is -2.36. The lowest BCUT2D eigenvalue weighted by molar-refractivity contribution is 0.593. The Hall–Kier alpha value is -2.88. The van der Waals surface area contributed by atoms with Crippen LogP contribution in [0.1, 0.15) is 5.56 Å². The van der Waals surface area contributed by atoms with Gasteiger partial charge in [0.25, 0.3) is 0 Å². The molecule has 0 radical (unpaired) electrons. The quantitative estimate of drug-likeness (QED) is 0.858. The third-order valence-corrected chi connectivity index (χ3v) is 4.07. The SMILES string of the molecule is CN(C)c1ccnc(N2CCN(c3c(F)cccc3C#N)CC2)n1. The minimum Gasteiger partial charge on any atom is -0.365 e. The van der Waals surface area contributed by atoms with Crippen LogP contribution in [0.5, 0.6) is 0 Å². The van der Waals surface area contributed by atoms with Gasteiger partial charge in [-0.3, -0.25) is 0 Å². The average molecular weight is 326 g/mol. The van der Waals surface area contributed by atoms with Gasteiger partial charge in [0.05, 0.1) is 11.3 Å². The van der Waals surface area contributed by atoms with E-state index in [4.69, 9.17) is 0 Å². The molecule has 1 aromatic carbocycles. The summed E-state index contributed by atoms with van der Waals surface area (Å²) in [5.41, 5.74) is 0.761. The molecule has 0 amide bonds. The van der Waals surface area contributed by atoms with Gasteiger partial charge >= 0.3 is 0 Å². The Morgan fingerprint density at radius 3 is 2.50 bits per heavy atom. The fourth-order valence-electron chi connectivity index (χ4n) is 2.80. The van der Waals surface area contributed by atoms with Crippen molar-refractivity contribution in [3.63, 3.8) is 0 Å². The molecule has 2 aromatic rings. The number of anilines is 3. The molecule has 1 aliphatic heterocycles. The van der Waals surface area contributed by atoms with Gasteiger partial charge in [-0.1, -0.05) is 6.07 Å². The highest BCUT2D eigenvalue weighted by Gasteiger charge is 2.23. The van der Waals surface area contributed by atoms with Crippen LogP contribution in [-0.4, -0.2) is 50.2 Å². The Balaban J connectivity index is 1.75. The van der Waals surface area contributed by atoms with Crippen LogP contribution in [0.3, 0.4) is 0 Å². The first-order valence-electron chi connectivity index (χ1n) is 7.79. The number of aromatic nitrogens is 2. The second-order valence-electron chi connectivity index (χ2n) is 5.83. The first kappa shape index (κ1) is 16.0. The molecule has 1 fully saturated rings. The van der Waals surface area contributed by atoms with Crippen molar-refractivity contribution >= 4 is 17.5 Å². The Kier molecular flexibility index (Phi) is 4.47. The molecule has 0 aliphatic carbocycles. The molecule has 1 saturated heterocycles. The third kappa shape index (κ3) is 3.08. The van der Waals surface area contributed by atoms with Crippen LogP contribution in [-0.2, 0) is 0 Å². The van der Waals surface area contributed by atoms with E-state index in [0.29, 0.717) is 43.4 Å². The van der Waals surface area contributed by atoms with Crippen molar-refractivity contribution in [1.82, 2.24) is 9.97 Å². The number of nitriles is 1. The van der Waals surface area contributed by atoms with E-state index < -0.39 is 0 Å². The maximum Gasteiger partial charge on any atom is 0.227 e. The summed E-state index contributed by atoms with van der Waals surface area (Å²) in [7, 11) is 3.87. The van der Waals surface area contributed by atoms with Crippen molar-refractivity contribution in [1.29, 1.82) is 5.26 Å². The van der Waals surface area contributed by atoms with Gasteiger partial charge in [0.2, 0.25) is 5.95 Å². The van der Waals surface area contributed by atoms with Crippen LogP contribution in [0.2, 0.25) is 0 Å². The number of piperazine rings is 1. The number of nitrogens with zero attached hydrogens (tertiary/aromatic N) is 6. The fourth-order valence-corrected chi connectivity index (χ4v) is 2.80. The highest BCUT2D eigenvalue weighted by atomic mass is 19.1. The predicted molar refractivity (Wildman–Crippen MR) is 91.9 cm³/mol. The molecule has 0 spiro atoms. The number of hydrogen-bond donors (Lipinski definition) is 0. The van der Waals surface area contributed by atoms with Gasteiger partial charge in [0.1, 0.15) is 17.7 Å². The largest absolute Gasteiger partial charge is 0.365 e. The van der Waals surface area contributed by atoms with Crippen molar-refractivity contribution in [2.75, 3.05) is 55.0 Å². The standard InChI is InChI=1S/C17H19FN6/c1-22(2)15-6-7-20-17(21-15)24-10-8-23(9-11-24)16-13(12-19)4-3-5-14(16)18/h3-7H,8-11H2,1-2H3. The van der Waals surface area contributed by atoms with Gasteiger partial charge in [-0.25, -0.2) is 9.37 Å². The summed E-state index contributed by atoms with van der Waals surface area (Å²) in [5.74, 6) is 1.17. The minimum absolute atomic E-state index is 0.353. The zero-order valence-electron chi connectivity index (χ0n) is 13.8. The van der Waals surface area contributed by atoms with Crippen molar-refractivity contribution in [2.24, 2.45) is 0 Å². The zero-order valence-corrected chi connectivity index (χ0v) is 13.8. The predicted octanol–water partition coefficient (Wildman–Crippen LogP) is 1.88. The molecule has 0 saturated carbocycles. The smallest absolute Gasteiger partial charge is 0.227 e. The van der Waals surface area contributed by atoms with Crippen molar-refractivity contribution in [3.8, 4) is 6.07 Å². The molecule has 0 unspecified atom stereocenters. The van der Waals surface area contributed by atoms with Crippen molar-refractivity contribution < 1.29 is 4.39 Å². The van der Waals surface area contributed by atoms with Crippen LogP contribution < -0.4 is 14.7 Å². The first-order chi connectivity index (χ1) is 11.6. The van der Waals surface area contributed by atoms with E-state index in [-0.39, 0.29) is 5.82 Å². The molecule has 2 heterocycles. The van der Waals surface area contributed by atoms with E-state index >= 15 is 0 Å². The summed E-state index contributed by atoms with van der Waals surface area (Å²) in [6, 6.07) is 8.54. The molecule has 24 heavy (non-hydrogen) atoms. The molecular weight excluding hydrogens is 307 g/mol. The van der Waals surface area contributed by atoms with E-state index in [2.05, 4.69) is 20.9 Å². The van der Waals surface area contributed by atoms with Gasteiger partial charge in [-0.05, 0) is 18.2 Å². The number of rotatable bonds is 3. The molecule has 0 atom stereocenters. The summed E-state index contributed by atoms with van der Waals surface area (Å²) in [6.07, 6.45) is 1.74. The summed E-state index contributed by atoms with van der Waals surface area (Å²) in [6.45, 7) is 2.59. The van der Waals surface area contributed by atoms with Gasteiger partial charge in [0, 0.05) is 46.5 Å². The molecule has 3 rings (SSSR count). The number of halogens is 1. The Morgan fingerprint density at radius 2 is 1.83 bits per heavy atom. The zero-order chi connectivity index (χ0) is 17.1. The molecule has 1 aromatic heterocycles. The number of benzene rings is 1. The van der Waals surface area contributed by atoms with E-state index in [9.17, 15) is 9.65 Å². The second-order valence-corrected chi connectivity index (χ2v) is 5.83. The van der Waals surface area contributed by atoms with Crippen LogP contribution in [0.25, 0.3) is 0 Å². The molecular formula is C17H19FN6. The van der Waals surface area contributed by atoms with Gasteiger partial charge in [-0.15, -0.1) is 0 Å². The lowest BCUT2D eigenvalue weighted by Crippen LogP contribution is -2.47. The molecule has 124 valence electrons. The minimum atomic E-state index is -0.353. The van der Waals surface area contributed by atoms with Crippen molar-refractivity contribution in [2.45, 2.75) is 0 Å². The van der Waals surface area contributed by atoms with Gasteiger partial charge < -0.3 is 14.7 Å².